The van der Waals surface area contributed by atoms with Crippen LogP contribution in [0.2, 0.25) is 0 Å². The van der Waals surface area contributed by atoms with Crippen molar-refractivity contribution in [1.82, 2.24) is 4.90 Å². The van der Waals surface area contributed by atoms with Gasteiger partial charge in [0.05, 0.1) is 6.10 Å². The van der Waals surface area contributed by atoms with Crippen molar-refractivity contribution in [3.63, 3.8) is 0 Å². The Bertz CT molecular complexity index is 190. The van der Waals surface area contributed by atoms with Gasteiger partial charge in [0, 0.05) is 19.8 Å². The highest BCUT2D eigenvalue weighted by Gasteiger charge is 2.32. The van der Waals surface area contributed by atoms with Crippen molar-refractivity contribution in [2.45, 2.75) is 44.2 Å². The predicted octanol–water partition coefficient (Wildman–Crippen LogP) is 1.26. The molecule has 1 aliphatic heterocycles. The molecule has 0 aromatic carbocycles. The fraction of sp³-hybridized carbons (Fsp3) is 1.00. The summed E-state index contributed by atoms with van der Waals surface area (Å²) in [6.07, 6.45) is 5.79. The minimum atomic E-state index is -0.0658. The molecule has 15 heavy (non-hydrogen) atoms. The Kier molecular flexibility index (Phi) is 4.00. The Hall–Kier alpha value is -0.120. The summed E-state index contributed by atoms with van der Waals surface area (Å²) in [4.78, 5) is 2.49. The van der Waals surface area contributed by atoms with Gasteiger partial charge in [-0.15, -0.1) is 0 Å². The lowest BCUT2D eigenvalue weighted by atomic mass is 9.96. The van der Waals surface area contributed by atoms with Gasteiger partial charge in [-0.25, -0.2) is 0 Å². The van der Waals surface area contributed by atoms with Crippen LogP contribution in [-0.2, 0) is 4.74 Å². The number of nitrogens with zero attached hydrogens (tertiary/aromatic N) is 1. The zero-order chi connectivity index (χ0) is 10.7. The van der Waals surface area contributed by atoms with Crippen LogP contribution >= 0.6 is 0 Å². The van der Waals surface area contributed by atoms with Crippen molar-refractivity contribution in [3.05, 3.63) is 0 Å². The van der Waals surface area contributed by atoms with Crippen molar-refractivity contribution >= 4 is 0 Å². The summed E-state index contributed by atoms with van der Waals surface area (Å²) in [6, 6.07) is 0.452. The van der Waals surface area contributed by atoms with E-state index in [0.717, 1.165) is 32.0 Å². The summed E-state index contributed by atoms with van der Waals surface area (Å²) >= 11 is 0. The fourth-order valence-electron chi connectivity index (χ4n) is 3.03. The Morgan fingerprint density at radius 3 is 2.47 bits per heavy atom. The minimum Gasteiger partial charge on any atom is -0.391 e. The van der Waals surface area contributed by atoms with Crippen molar-refractivity contribution in [1.29, 1.82) is 0 Å². The molecule has 0 amide bonds. The second-order valence-electron chi connectivity index (χ2n) is 5.00. The molecule has 3 nitrogen and oxygen atoms in total. The van der Waals surface area contributed by atoms with Gasteiger partial charge in [0.15, 0.2) is 0 Å². The van der Waals surface area contributed by atoms with Crippen LogP contribution in [-0.4, -0.2) is 49.0 Å². The number of ether oxygens (including phenoxy) is 1. The summed E-state index contributed by atoms with van der Waals surface area (Å²) in [5.41, 5.74) is 0. The second-order valence-corrected chi connectivity index (χ2v) is 5.00. The number of rotatable bonds is 3. The van der Waals surface area contributed by atoms with E-state index in [0.29, 0.717) is 6.04 Å². The van der Waals surface area contributed by atoms with E-state index in [4.69, 9.17) is 4.74 Å². The van der Waals surface area contributed by atoms with Crippen LogP contribution in [0.15, 0.2) is 0 Å². The molecule has 2 atom stereocenters. The lowest BCUT2D eigenvalue weighted by Gasteiger charge is -2.37. The molecule has 0 aromatic heterocycles. The van der Waals surface area contributed by atoms with Crippen LogP contribution in [0.5, 0.6) is 0 Å². The monoisotopic (exact) mass is 213 g/mol. The number of hydrogen-bond donors (Lipinski definition) is 1. The smallest absolute Gasteiger partial charge is 0.0695 e. The molecule has 3 heteroatoms. The maximum Gasteiger partial charge on any atom is 0.0695 e. The number of piperidine rings is 1. The van der Waals surface area contributed by atoms with E-state index in [1.54, 1.807) is 7.11 Å². The Labute approximate surface area is 92.4 Å². The first-order chi connectivity index (χ1) is 7.31. The molecule has 2 rings (SSSR count). The topological polar surface area (TPSA) is 32.7 Å². The summed E-state index contributed by atoms with van der Waals surface area (Å²) in [6.45, 7) is 3.20. The lowest BCUT2D eigenvalue weighted by Crippen LogP contribution is -2.45. The van der Waals surface area contributed by atoms with E-state index < -0.39 is 0 Å². The van der Waals surface area contributed by atoms with Gasteiger partial charge in [-0.05, 0) is 51.1 Å². The minimum absolute atomic E-state index is 0.0658. The average Bonchev–Trinajstić information content (AvgIpc) is 2.66. The first-order valence-electron chi connectivity index (χ1n) is 6.22. The third kappa shape index (κ3) is 2.71. The van der Waals surface area contributed by atoms with Crippen molar-refractivity contribution in [2.75, 3.05) is 26.8 Å². The van der Waals surface area contributed by atoms with Gasteiger partial charge in [0.1, 0.15) is 0 Å². The standard InChI is InChI=1S/C12H23NO2/c1-15-9-10-5-7-13(8-6-10)11-3-2-4-12(11)14/h10-12,14H,2-9H2,1H3/t11-,12-/m1/s1. The van der Waals surface area contributed by atoms with Crippen molar-refractivity contribution < 1.29 is 9.84 Å². The van der Waals surface area contributed by atoms with Gasteiger partial charge >= 0.3 is 0 Å². The highest BCUT2D eigenvalue weighted by Crippen LogP contribution is 2.28. The molecule has 2 aliphatic rings. The van der Waals surface area contributed by atoms with E-state index in [9.17, 15) is 5.11 Å². The molecular formula is C12H23NO2. The fourth-order valence-corrected chi connectivity index (χ4v) is 3.03. The Balaban J connectivity index is 1.77. The summed E-state index contributed by atoms with van der Waals surface area (Å²) in [5, 5.41) is 9.84. The molecule has 0 aromatic rings. The first kappa shape index (κ1) is 11.4. The maximum absolute atomic E-state index is 9.84. The lowest BCUT2D eigenvalue weighted by molar-refractivity contribution is 0.0337. The van der Waals surface area contributed by atoms with Gasteiger partial charge in [-0.3, -0.25) is 4.90 Å². The zero-order valence-corrected chi connectivity index (χ0v) is 9.69. The molecule has 0 unspecified atom stereocenters. The molecule has 1 heterocycles. The van der Waals surface area contributed by atoms with E-state index in [-0.39, 0.29) is 6.10 Å². The van der Waals surface area contributed by atoms with Crippen LogP contribution in [0, 0.1) is 5.92 Å². The Morgan fingerprint density at radius 1 is 1.20 bits per heavy atom. The van der Waals surface area contributed by atoms with Gasteiger partial charge in [-0.1, -0.05) is 0 Å². The van der Waals surface area contributed by atoms with Gasteiger partial charge < -0.3 is 9.84 Å². The van der Waals surface area contributed by atoms with Crippen molar-refractivity contribution in [2.24, 2.45) is 5.92 Å². The van der Waals surface area contributed by atoms with Crippen molar-refractivity contribution in [3.8, 4) is 0 Å². The number of methoxy groups -OCH3 is 1. The average molecular weight is 213 g/mol. The van der Waals surface area contributed by atoms with Gasteiger partial charge in [-0.2, -0.15) is 0 Å². The molecule has 0 bridgehead atoms. The molecule has 1 N–H and O–H groups in total. The molecular weight excluding hydrogens is 190 g/mol. The summed E-state index contributed by atoms with van der Waals surface area (Å²) in [7, 11) is 1.78. The third-order valence-electron chi connectivity index (χ3n) is 3.96. The predicted molar refractivity (Wildman–Crippen MR) is 59.8 cm³/mol. The number of aliphatic hydroxyl groups excluding tert-OH is 1. The molecule has 2 fully saturated rings. The van der Waals surface area contributed by atoms with Gasteiger partial charge in [0.25, 0.3) is 0 Å². The normalized spacial score (nSPS) is 34.8. The number of aliphatic hydroxyl groups is 1. The quantitative estimate of drug-likeness (QED) is 0.766. The Morgan fingerprint density at radius 2 is 1.93 bits per heavy atom. The summed E-state index contributed by atoms with van der Waals surface area (Å²) in [5.74, 6) is 0.741. The molecule has 0 spiro atoms. The van der Waals surface area contributed by atoms with Gasteiger partial charge in [0.2, 0.25) is 0 Å². The SMILES string of the molecule is COCC1CCN([C@@H]2CCC[C@H]2O)CC1. The van der Waals surface area contributed by atoms with E-state index in [1.807, 2.05) is 0 Å². The van der Waals surface area contributed by atoms with Crippen LogP contribution in [0.25, 0.3) is 0 Å². The third-order valence-corrected chi connectivity index (χ3v) is 3.96. The summed E-state index contributed by atoms with van der Waals surface area (Å²) < 4.78 is 5.20. The first-order valence-corrected chi connectivity index (χ1v) is 6.22. The molecule has 1 saturated carbocycles. The number of likely N-dealkylation sites (tertiary alicyclic amines) is 1. The van der Waals surface area contributed by atoms with E-state index in [1.165, 1.54) is 25.7 Å². The highest BCUT2D eigenvalue weighted by molar-refractivity contribution is 4.87. The van der Waals surface area contributed by atoms with Crippen LogP contribution in [0.4, 0.5) is 0 Å². The highest BCUT2D eigenvalue weighted by atomic mass is 16.5. The molecule has 1 saturated heterocycles. The van der Waals surface area contributed by atoms with Crippen LogP contribution < -0.4 is 0 Å². The molecule has 0 radical (unpaired) electrons. The number of hydrogen-bond acceptors (Lipinski definition) is 3. The largest absolute Gasteiger partial charge is 0.391 e. The van der Waals surface area contributed by atoms with Crippen LogP contribution in [0.3, 0.4) is 0 Å². The molecule has 88 valence electrons. The zero-order valence-electron chi connectivity index (χ0n) is 9.69. The maximum atomic E-state index is 9.84. The molecule has 1 aliphatic carbocycles. The van der Waals surface area contributed by atoms with E-state index in [2.05, 4.69) is 4.90 Å². The second kappa shape index (κ2) is 5.28. The van der Waals surface area contributed by atoms with E-state index >= 15 is 0 Å². The van der Waals surface area contributed by atoms with Crippen LogP contribution in [0.1, 0.15) is 32.1 Å².